The zero-order chi connectivity index (χ0) is 13.1. The van der Waals surface area contributed by atoms with Gasteiger partial charge in [-0.1, -0.05) is 12.1 Å². The summed E-state index contributed by atoms with van der Waals surface area (Å²) in [4.78, 5) is 2.48. The topological polar surface area (TPSA) is 3.24 Å². The van der Waals surface area contributed by atoms with Crippen LogP contribution in [0.5, 0.6) is 0 Å². The third kappa shape index (κ3) is 5.42. The van der Waals surface area contributed by atoms with Gasteiger partial charge in [0.05, 0.1) is 0 Å². The van der Waals surface area contributed by atoms with Gasteiger partial charge < -0.3 is 4.90 Å². The molecule has 1 heterocycles. The van der Waals surface area contributed by atoms with Crippen LogP contribution in [0.3, 0.4) is 0 Å². The normalized spacial score (nSPS) is 13.8. The van der Waals surface area contributed by atoms with Crippen LogP contribution in [-0.4, -0.2) is 13.1 Å². The van der Waals surface area contributed by atoms with Gasteiger partial charge in [-0.25, -0.2) is 24.3 Å². The van der Waals surface area contributed by atoms with Crippen molar-refractivity contribution in [1.82, 2.24) is 0 Å². The molecule has 0 unspecified atom stereocenters. The van der Waals surface area contributed by atoms with E-state index in [1.54, 1.807) is 0 Å². The van der Waals surface area contributed by atoms with Crippen LogP contribution in [0.4, 0.5) is 5.69 Å². The first kappa shape index (κ1) is 14.9. The molecule has 0 bridgehead atoms. The Bertz CT molecular complexity index is 363. The average Bonchev–Trinajstić information content (AvgIpc) is 3.18. The fourth-order valence-corrected chi connectivity index (χ4v) is 2.05. The van der Waals surface area contributed by atoms with Crippen LogP contribution in [0.15, 0.2) is 54.6 Å². The predicted molar refractivity (Wildman–Crippen MR) is 75.1 cm³/mol. The Morgan fingerprint density at radius 3 is 1.89 bits per heavy atom. The van der Waals surface area contributed by atoms with Crippen LogP contribution < -0.4 is 4.90 Å². The first-order valence-corrected chi connectivity index (χ1v) is 6.94. The molecule has 0 atom stereocenters. The molecule has 0 amide bonds. The van der Waals surface area contributed by atoms with E-state index in [9.17, 15) is 0 Å². The van der Waals surface area contributed by atoms with E-state index in [0.29, 0.717) is 0 Å². The standard InChI is InChI=1S/C10H14N.C5H5.CH.Fe/c1-4-8-11(9-5-1)10-6-2-3-7-10;1-2-4-5-3-1;;/h2-3,6-7H,1,4-5,8-9H2;1-5H;1H;/q2*-1;;. The van der Waals surface area contributed by atoms with E-state index < -0.39 is 0 Å². The van der Waals surface area contributed by atoms with Crippen molar-refractivity contribution in [2.24, 2.45) is 0 Å². The molecule has 1 nitrogen and oxygen atoms in total. The summed E-state index contributed by atoms with van der Waals surface area (Å²) in [6, 6.07) is 18.6. The van der Waals surface area contributed by atoms with Crippen LogP contribution in [0.1, 0.15) is 19.3 Å². The Kier molecular flexibility index (Phi) is 8.08. The summed E-state index contributed by atoms with van der Waals surface area (Å²) in [6.45, 7) is 2.51. The molecule has 1 aliphatic heterocycles. The third-order valence-electron chi connectivity index (χ3n) is 2.92. The van der Waals surface area contributed by atoms with E-state index in [-0.39, 0.29) is 0 Å². The minimum atomic E-state index is 1.25. The van der Waals surface area contributed by atoms with Gasteiger partial charge in [0.25, 0.3) is 0 Å². The van der Waals surface area contributed by atoms with Crippen molar-refractivity contribution in [2.45, 2.75) is 19.3 Å². The van der Waals surface area contributed by atoms with Crippen molar-refractivity contribution >= 4 is 5.69 Å². The maximum atomic E-state index is 4.25. The number of rotatable bonds is 1. The van der Waals surface area contributed by atoms with Crippen LogP contribution >= 0.6 is 0 Å². The third-order valence-corrected chi connectivity index (χ3v) is 2.92. The van der Waals surface area contributed by atoms with Crippen LogP contribution in [0.2, 0.25) is 0 Å². The number of hydrogen-bond donors (Lipinski definition) is 0. The Morgan fingerprint density at radius 2 is 1.44 bits per heavy atom. The summed E-state index contributed by atoms with van der Waals surface area (Å²) in [5.41, 5.74) is 1.41. The Morgan fingerprint density at radius 1 is 0.889 bits per heavy atom. The van der Waals surface area contributed by atoms with Gasteiger partial charge in [-0.3, -0.25) is 0 Å². The maximum absolute atomic E-state index is 4.25. The average molecular weight is 282 g/mol. The van der Waals surface area contributed by atoms with Gasteiger partial charge >= 0.3 is 20.6 Å². The fourth-order valence-electron chi connectivity index (χ4n) is 2.05. The van der Waals surface area contributed by atoms with Gasteiger partial charge in [-0.15, -0.1) is 0 Å². The summed E-state index contributed by atoms with van der Waals surface area (Å²) < 4.78 is 0. The van der Waals surface area contributed by atoms with E-state index in [0.717, 1.165) is 0 Å². The van der Waals surface area contributed by atoms with Gasteiger partial charge in [-0.2, -0.15) is 30.3 Å². The largest absolute Gasteiger partial charge is 0.424 e. The molecule has 0 aromatic heterocycles. The van der Waals surface area contributed by atoms with Gasteiger partial charge in [0.1, 0.15) is 0 Å². The predicted octanol–water partition coefficient (Wildman–Crippen LogP) is 3.92. The molecule has 18 heavy (non-hydrogen) atoms. The fraction of sp³-hybridized carbons (Fsp3) is 0.312. The van der Waals surface area contributed by atoms with Crippen molar-refractivity contribution in [3.05, 3.63) is 54.6 Å². The van der Waals surface area contributed by atoms with E-state index in [2.05, 4.69) is 49.8 Å². The van der Waals surface area contributed by atoms with Crippen LogP contribution in [0, 0.1) is 5.23 Å². The monoisotopic (exact) mass is 282 g/mol. The van der Waals surface area contributed by atoms with Crippen molar-refractivity contribution in [3.63, 3.8) is 0 Å². The van der Waals surface area contributed by atoms with Gasteiger partial charge in [0.15, 0.2) is 0 Å². The molecule has 1 fully saturated rings. The van der Waals surface area contributed by atoms with E-state index in [1.165, 1.54) is 38.0 Å². The minimum absolute atomic E-state index is 1.25. The summed E-state index contributed by atoms with van der Waals surface area (Å²) in [6.07, 6.45) is 4.15. The van der Waals surface area contributed by atoms with Crippen LogP contribution in [0.25, 0.3) is 0 Å². The smallest absolute Gasteiger partial charge is 0.00597 e. The summed E-state index contributed by atoms with van der Waals surface area (Å²) in [5.74, 6) is 0. The first-order chi connectivity index (χ1) is 8.97. The summed E-state index contributed by atoms with van der Waals surface area (Å²) >= 11 is 2.75. The molecule has 2 aromatic rings. The first-order valence-electron chi connectivity index (χ1n) is 6.30. The summed E-state index contributed by atoms with van der Waals surface area (Å²) in [7, 11) is 0. The molecule has 0 radical (unpaired) electrons. The second kappa shape index (κ2) is 9.79. The second-order valence-electron chi connectivity index (χ2n) is 4.15. The Hall–Kier alpha value is -1.20. The minimum Gasteiger partial charge on any atom is -0.424 e. The van der Waals surface area contributed by atoms with E-state index in [4.69, 9.17) is 0 Å². The van der Waals surface area contributed by atoms with Crippen molar-refractivity contribution in [2.75, 3.05) is 18.0 Å². The molecule has 99 valence electrons. The molecule has 3 rings (SSSR count). The number of nitrogens with zero attached hydrogens (tertiary/aromatic N) is 1. The number of anilines is 1. The van der Waals surface area contributed by atoms with Crippen molar-refractivity contribution in [1.29, 1.82) is 0 Å². The van der Waals surface area contributed by atoms with Gasteiger partial charge in [-0.05, 0) is 12.8 Å². The summed E-state index contributed by atoms with van der Waals surface area (Å²) in [5, 5.41) is 4.25. The second-order valence-corrected chi connectivity index (χ2v) is 4.15. The molecule has 2 heteroatoms. The maximum Gasteiger partial charge on any atom is 0.00597 e. The van der Waals surface area contributed by atoms with Gasteiger partial charge in [0.2, 0.25) is 0 Å². The molecular weight excluding hydrogens is 262 g/mol. The Balaban J connectivity index is 0.000000195. The molecule has 1 aliphatic rings. The molecule has 0 N–H and O–H groups in total. The molecule has 0 aliphatic carbocycles. The number of hydrogen-bond acceptors (Lipinski definition) is 1. The molecule has 0 saturated carbocycles. The zero-order valence-corrected chi connectivity index (χ0v) is 11.7. The van der Waals surface area contributed by atoms with E-state index in [1.807, 2.05) is 30.3 Å². The van der Waals surface area contributed by atoms with Crippen LogP contribution in [-0.2, 0) is 15.4 Å². The molecule has 1 saturated heterocycles. The molecule has 0 spiro atoms. The number of piperidine rings is 1. The quantitative estimate of drug-likeness (QED) is 0.566. The Labute approximate surface area is 118 Å². The van der Waals surface area contributed by atoms with Gasteiger partial charge in [0, 0.05) is 13.1 Å². The zero-order valence-electron chi connectivity index (χ0n) is 10.6. The SMILES string of the molecule is [CH]#[Fe].c1cc[c-](N2CCCCC2)c1.c1cc[cH-]c1. The van der Waals surface area contributed by atoms with Crippen molar-refractivity contribution in [3.8, 4) is 5.23 Å². The van der Waals surface area contributed by atoms with E-state index >= 15 is 0 Å². The molecule has 2 aromatic carbocycles. The van der Waals surface area contributed by atoms with Crippen molar-refractivity contribution < 1.29 is 15.4 Å². The molecular formula is C16H20FeN-2.